The van der Waals surface area contributed by atoms with Crippen molar-refractivity contribution < 1.29 is 13.9 Å². The number of nitrogens with zero attached hydrogens (tertiary/aromatic N) is 2. The molecule has 2 aromatic heterocycles. The lowest BCUT2D eigenvalue weighted by atomic mass is 10.0. The number of methoxy groups -OCH3 is 1. The fourth-order valence-electron chi connectivity index (χ4n) is 2.39. The number of furan rings is 1. The van der Waals surface area contributed by atoms with Gasteiger partial charge < -0.3 is 14.5 Å². The van der Waals surface area contributed by atoms with E-state index in [4.69, 9.17) is 9.15 Å². The lowest BCUT2D eigenvalue weighted by molar-refractivity contribution is -0.114. The van der Waals surface area contributed by atoms with E-state index < -0.39 is 0 Å². The van der Waals surface area contributed by atoms with Crippen molar-refractivity contribution in [1.29, 1.82) is 5.26 Å². The van der Waals surface area contributed by atoms with Gasteiger partial charge in [0.2, 0.25) is 5.91 Å². The van der Waals surface area contributed by atoms with E-state index >= 15 is 0 Å². The monoisotopic (exact) mass is 307 g/mol. The summed E-state index contributed by atoms with van der Waals surface area (Å²) in [5.74, 6) is 1.12. The summed E-state index contributed by atoms with van der Waals surface area (Å²) in [5, 5.41) is 12.6. The van der Waals surface area contributed by atoms with Gasteiger partial charge in [0.25, 0.3) is 0 Å². The van der Waals surface area contributed by atoms with Gasteiger partial charge in [0.1, 0.15) is 23.1 Å². The average Bonchev–Trinajstić information content (AvgIpc) is 3.06. The molecule has 0 fully saturated rings. The van der Waals surface area contributed by atoms with Gasteiger partial charge in [-0.05, 0) is 30.3 Å². The summed E-state index contributed by atoms with van der Waals surface area (Å²) in [6.45, 7) is 1.36. The van der Waals surface area contributed by atoms with Crippen molar-refractivity contribution in [3.8, 4) is 23.1 Å². The fourth-order valence-corrected chi connectivity index (χ4v) is 2.39. The van der Waals surface area contributed by atoms with Gasteiger partial charge in [-0.2, -0.15) is 5.26 Å². The van der Waals surface area contributed by atoms with E-state index in [0.717, 1.165) is 5.56 Å². The molecule has 3 aromatic rings. The molecule has 1 amide bonds. The third-order valence-electron chi connectivity index (χ3n) is 3.37. The number of amides is 1. The first-order valence-corrected chi connectivity index (χ1v) is 6.87. The van der Waals surface area contributed by atoms with E-state index in [1.54, 1.807) is 31.6 Å². The molecule has 1 N–H and O–H groups in total. The average molecular weight is 307 g/mol. The molecule has 0 saturated carbocycles. The van der Waals surface area contributed by atoms with Crippen LogP contribution in [0.1, 0.15) is 12.5 Å². The molecule has 6 heteroatoms. The van der Waals surface area contributed by atoms with Crippen molar-refractivity contribution in [3.05, 3.63) is 42.2 Å². The second kappa shape index (κ2) is 5.81. The minimum absolute atomic E-state index is 0.211. The SMILES string of the molecule is COc1ccc(-c2ccco2)c2cc(C#N)c(NC(C)=O)nc12. The fraction of sp³-hybridized carbons (Fsp3) is 0.118. The lowest BCUT2D eigenvalue weighted by Gasteiger charge is -2.11. The Morgan fingerprint density at radius 3 is 2.83 bits per heavy atom. The summed E-state index contributed by atoms with van der Waals surface area (Å²) >= 11 is 0. The topological polar surface area (TPSA) is 88.1 Å². The number of benzene rings is 1. The molecule has 0 bridgehead atoms. The highest BCUT2D eigenvalue weighted by Gasteiger charge is 2.16. The van der Waals surface area contributed by atoms with Crippen molar-refractivity contribution in [3.63, 3.8) is 0 Å². The molecule has 2 heterocycles. The van der Waals surface area contributed by atoms with Crippen molar-refractivity contribution in [2.75, 3.05) is 12.4 Å². The Labute approximate surface area is 132 Å². The highest BCUT2D eigenvalue weighted by Crippen LogP contribution is 2.35. The van der Waals surface area contributed by atoms with Gasteiger partial charge in [-0.1, -0.05) is 0 Å². The van der Waals surface area contributed by atoms with Gasteiger partial charge in [-0.25, -0.2) is 4.98 Å². The van der Waals surface area contributed by atoms with Gasteiger partial charge in [-0.15, -0.1) is 0 Å². The first kappa shape index (κ1) is 14.6. The van der Waals surface area contributed by atoms with E-state index in [0.29, 0.717) is 22.4 Å². The molecule has 0 spiro atoms. The van der Waals surface area contributed by atoms with Gasteiger partial charge in [0.15, 0.2) is 5.82 Å². The van der Waals surface area contributed by atoms with Crippen LogP contribution < -0.4 is 10.1 Å². The molecule has 0 aliphatic rings. The number of nitrogens with one attached hydrogen (secondary N) is 1. The second-order valence-corrected chi connectivity index (χ2v) is 4.87. The van der Waals surface area contributed by atoms with Gasteiger partial charge in [0, 0.05) is 17.9 Å². The summed E-state index contributed by atoms with van der Waals surface area (Å²) in [6.07, 6.45) is 1.58. The summed E-state index contributed by atoms with van der Waals surface area (Å²) in [7, 11) is 1.54. The van der Waals surface area contributed by atoms with E-state index in [1.807, 2.05) is 12.1 Å². The number of aromatic nitrogens is 1. The van der Waals surface area contributed by atoms with Crippen LogP contribution in [0.3, 0.4) is 0 Å². The first-order valence-electron chi connectivity index (χ1n) is 6.87. The Bertz CT molecular complexity index is 924. The molecule has 0 radical (unpaired) electrons. The smallest absolute Gasteiger partial charge is 0.222 e. The Balaban J connectivity index is 2.34. The number of fused-ring (bicyclic) bond motifs is 1. The molecule has 0 saturated heterocycles. The number of hydrogen-bond donors (Lipinski definition) is 1. The lowest BCUT2D eigenvalue weighted by Crippen LogP contribution is -2.09. The maximum atomic E-state index is 11.3. The summed E-state index contributed by atoms with van der Waals surface area (Å²) in [4.78, 5) is 15.7. The minimum Gasteiger partial charge on any atom is -0.494 e. The number of nitriles is 1. The van der Waals surface area contributed by atoms with E-state index in [1.165, 1.54) is 6.92 Å². The zero-order valence-corrected chi connectivity index (χ0v) is 12.6. The maximum absolute atomic E-state index is 11.3. The largest absolute Gasteiger partial charge is 0.494 e. The molecular weight excluding hydrogens is 294 g/mol. The minimum atomic E-state index is -0.297. The van der Waals surface area contributed by atoms with Crippen LogP contribution in [0.5, 0.6) is 5.75 Å². The molecule has 3 rings (SSSR count). The van der Waals surface area contributed by atoms with Crippen LogP contribution >= 0.6 is 0 Å². The number of carbonyl (C=O) groups is 1. The third-order valence-corrected chi connectivity index (χ3v) is 3.37. The molecule has 6 nitrogen and oxygen atoms in total. The molecule has 0 aliphatic carbocycles. The van der Waals surface area contributed by atoms with Crippen molar-refractivity contribution in [2.45, 2.75) is 6.92 Å². The van der Waals surface area contributed by atoms with Gasteiger partial charge in [-0.3, -0.25) is 4.79 Å². The molecular formula is C17H13N3O3. The third kappa shape index (κ3) is 2.60. The van der Waals surface area contributed by atoms with Crippen molar-refractivity contribution in [2.24, 2.45) is 0 Å². The maximum Gasteiger partial charge on any atom is 0.222 e. The van der Waals surface area contributed by atoms with E-state index in [-0.39, 0.29) is 17.3 Å². The predicted molar refractivity (Wildman–Crippen MR) is 85.0 cm³/mol. The Hall–Kier alpha value is -3.33. The van der Waals surface area contributed by atoms with Crippen LogP contribution in [0.15, 0.2) is 41.0 Å². The summed E-state index contributed by atoms with van der Waals surface area (Å²) in [5.41, 5.74) is 1.61. The number of pyridine rings is 1. The number of anilines is 1. The van der Waals surface area contributed by atoms with E-state index in [2.05, 4.69) is 16.4 Å². The molecule has 0 unspecified atom stereocenters. The van der Waals surface area contributed by atoms with E-state index in [9.17, 15) is 10.1 Å². The summed E-state index contributed by atoms with van der Waals surface area (Å²) in [6, 6.07) is 11.0. The zero-order valence-electron chi connectivity index (χ0n) is 12.6. The Morgan fingerprint density at radius 1 is 1.39 bits per heavy atom. The number of ether oxygens (including phenoxy) is 1. The molecule has 0 atom stereocenters. The molecule has 23 heavy (non-hydrogen) atoms. The number of rotatable bonds is 3. The van der Waals surface area contributed by atoms with Gasteiger partial charge >= 0.3 is 0 Å². The molecule has 114 valence electrons. The molecule has 0 aliphatic heterocycles. The van der Waals surface area contributed by atoms with Crippen molar-refractivity contribution in [1.82, 2.24) is 4.98 Å². The van der Waals surface area contributed by atoms with Crippen LogP contribution in [0.25, 0.3) is 22.2 Å². The quantitative estimate of drug-likeness (QED) is 0.801. The molecule has 1 aromatic carbocycles. The van der Waals surface area contributed by atoms with Crippen LogP contribution in [0, 0.1) is 11.3 Å². The summed E-state index contributed by atoms with van der Waals surface area (Å²) < 4.78 is 10.8. The normalized spacial score (nSPS) is 10.3. The predicted octanol–water partition coefficient (Wildman–Crippen LogP) is 3.33. The highest BCUT2D eigenvalue weighted by atomic mass is 16.5. The first-order chi connectivity index (χ1) is 11.1. The van der Waals surface area contributed by atoms with Crippen LogP contribution in [0.2, 0.25) is 0 Å². The zero-order chi connectivity index (χ0) is 16.4. The van der Waals surface area contributed by atoms with Crippen LogP contribution in [-0.4, -0.2) is 18.0 Å². The second-order valence-electron chi connectivity index (χ2n) is 4.87. The number of hydrogen-bond acceptors (Lipinski definition) is 5. The Kier molecular flexibility index (Phi) is 3.69. The Morgan fingerprint density at radius 2 is 2.22 bits per heavy atom. The van der Waals surface area contributed by atoms with Crippen LogP contribution in [-0.2, 0) is 4.79 Å². The van der Waals surface area contributed by atoms with Gasteiger partial charge in [0.05, 0.1) is 18.9 Å². The van der Waals surface area contributed by atoms with Crippen LogP contribution in [0.4, 0.5) is 5.82 Å². The van der Waals surface area contributed by atoms with Crippen molar-refractivity contribution >= 4 is 22.6 Å². The highest BCUT2D eigenvalue weighted by molar-refractivity contribution is 6.00. The number of carbonyl (C=O) groups excluding carboxylic acids is 1. The standard InChI is InChI=1S/C17H13N3O3/c1-10(21)19-17-11(9-18)8-13-12(14-4-3-7-23-14)5-6-15(22-2)16(13)20-17/h3-8H,1-2H3,(H,19,20,21).